The Hall–Kier alpha value is -1.29. The maximum absolute atomic E-state index is 12.5. The number of hydrogen-bond acceptors (Lipinski definition) is 5. The second kappa shape index (κ2) is 6.22. The first kappa shape index (κ1) is 16.1. The number of carboxylic acids is 1. The number of rotatable bonds is 5. The third kappa shape index (κ3) is 3.49. The van der Waals surface area contributed by atoms with Crippen LogP contribution in [0.4, 0.5) is 0 Å². The number of carboxylic acid groups (broad SMARTS) is 1. The summed E-state index contributed by atoms with van der Waals surface area (Å²) in [6.07, 6.45) is 0. The molecule has 0 saturated carbocycles. The monoisotopic (exact) mass is 390 g/mol. The zero-order valence-corrected chi connectivity index (χ0v) is 14.1. The van der Waals surface area contributed by atoms with Crippen molar-refractivity contribution in [1.82, 2.24) is 9.29 Å². The number of hydrogen-bond donors (Lipinski definition) is 1. The van der Waals surface area contributed by atoms with Crippen molar-refractivity contribution in [3.05, 3.63) is 44.8 Å². The lowest BCUT2D eigenvalue weighted by molar-refractivity contribution is 0.0696. The molecule has 2 aromatic rings. The quantitative estimate of drug-likeness (QED) is 0.846. The molecule has 0 aliphatic carbocycles. The highest BCUT2D eigenvalue weighted by molar-refractivity contribution is 9.10. The second-order valence-corrected chi connectivity index (χ2v) is 7.78. The van der Waals surface area contributed by atoms with Crippen LogP contribution in [-0.2, 0) is 16.6 Å². The normalized spacial score (nSPS) is 11.8. The van der Waals surface area contributed by atoms with Gasteiger partial charge in [0.1, 0.15) is 0 Å². The average Bonchev–Trinajstić information content (AvgIpc) is 2.91. The maximum atomic E-state index is 12.5. The lowest BCUT2D eigenvalue weighted by Gasteiger charge is -2.17. The smallest absolute Gasteiger partial charge is 0.335 e. The van der Waals surface area contributed by atoms with Crippen LogP contribution in [0, 0.1) is 0 Å². The van der Waals surface area contributed by atoms with Gasteiger partial charge in [0, 0.05) is 16.9 Å². The first-order valence-electron chi connectivity index (χ1n) is 5.68. The molecule has 0 aliphatic heterocycles. The molecule has 0 bridgehead atoms. The van der Waals surface area contributed by atoms with Crippen molar-refractivity contribution in [2.24, 2.45) is 0 Å². The van der Waals surface area contributed by atoms with Crippen LogP contribution in [0.15, 0.2) is 38.5 Å². The fourth-order valence-corrected chi connectivity index (χ4v) is 4.27. The molecule has 0 radical (unpaired) electrons. The van der Waals surface area contributed by atoms with Gasteiger partial charge < -0.3 is 5.11 Å². The largest absolute Gasteiger partial charge is 0.478 e. The predicted octanol–water partition coefficient (Wildman–Crippen LogP) is 2.42. The van der Waals surface area contributed by atoms with Crippen LogP contribution in [0.3, 0.4) is 0 Å². The lowest BCUT2D eigenvalue weighted by atomic mass is 10.2. The highest BCUT2D eigenvalue weighted by Gasteiger charge is 2.25. The van der Waals surface area contributed by atoms with Crippen molar-refractivity contribution in [3.8, 4) is 0 Å². The van der Waals surface area contributed by atoms with Gasteiger partial charge in [-0.1, -0.05) is 0 Å². The van der Waals surface area contributed by atoms with E-state index in [2.05, 4.69) is 20.9 Å². The van der Waals surface area contributed by atoms with E-state index in [0.29, 0.717) is 10.2 Å². The van der Waals surface area contributed by atoms with Crippen LogP contribution >= 0.6 is 27.3 Å². The Morgan fingerprint density at radius 3 is 2.76 bits per heavy atom. The topological polar surface area (TPSA) is 87.6 Å². The molecule has 1 aromatic carbocycles. The molecular weight excluding hydrogens is 380 g/mol. The standard InChI is InChI=1S/C12H11BrN2O4S2/c1-15(5-9-6-20-7-14-9)21(18,19)11-4-8(12(16)17)2-3-10(11)13/h2-4,6-7H,5H2,1H3,(H,16,17). The van der Waals surface area contributed by atoms with E-state index in [0.717, 1.165) is 10.4 Å². The maximum Gasteiger partial charge on any atom is 0.335 e. The van der Waals surface area contributed by atoms with Gasteiger partial charge in [-0.05, 0) is 34.1 Å². The minimum Gasteiger partial charge on any atom is -0.478 e. The summed E-state index contributed by atoms with van der Waals surface area (Å²) >= 11 is 4.53. The van der Waals surface area contributed by atoms with E-state index in [1.165, 1.54) is 30.5 Å². The van der Waals surface area contributed by atoms with Gasteiger partial charge in [0.15, 0.2) is 0 Å². The van der Waals surface area contributed by atoms with Gasteiger partial charge in [0.25, 0.3) is 0 Å². The van der Waals surface area contributed by atoms with Crippen LogP contribution in [0.25, 0.3) is 0 Å². The highest BCUT2D eigenvalue weighted by atomic mass is 79.9. The van der Waals surface area contributed by atoms with E-state index in [1.54, 1.807) is 10.9 Å². The number of aromatic nitrogens is 1. The SMILES string of the molecule is CN(Cc1cscn1)S(=O)(=O)c1cc(C(=O)O)ccc1Br. The molecule has 2 rings (SSSR count). The van der Waals surface area contributed by atoms with E-state index >= 15 is 0 Å². The summed E-state index contributed by atoms with van der Waals surface area (Å²) in [7, 11) is -2.39. The molecule has 112 valence electrons. The Bertz CT molecular complexity index is 760. The van der Waals surface area contributed by atoms with Crippen molar-refractivity contribution in [1.29, 1.82) is 0 Å². The molecule has 1 N–H and O–H groups in total. The number of carbonyl (C=O) groups is 1. The summed E-state index contributed by atoms with van der Waals surface area (Å²) < 4.78 is 26.5. The minimum atomic E-state index is -3.81. The molecule has 0 fully saturated rings. The van der Waals surface area contributed by atoms with Crippen LogP contribution < -0.4 is 0 Å². The fraction of sp³-hybridized carbons (Fsp3) is 0.167. The fourth-order valence-electron chi connectivity index (χ4n) is 1.63. The van der Waals surface area contributed by atoms with E-state index in [-0.39, 0.29) is 17.0 Å². The minimum absolute atomic E-state index is 0.0832. The zero-order chi connectivity index (χ0) is 15.6. The lowest BCUT2D eigenvalue weighted by Crippen LogP contribution is -2.27. The van der Waals surface area contributed by atoms with Crippen molar-refractivity contribution in [3.63, 3.8) is 0 Å². The molecule has 0 aliphatic rings. The summed E-state index contributed by atoms with van der Waals surface area (Å²) in [5.74, 6) is -1.18. The molecule has 21 heavy (non-hydrogen) atoms. The van der Waals surface area contributed by atoms with Gasteiger partial charge in [-0.2, -0.15) is 4.31 Å². The molecule has 0 unspecified atom stereocenters. The Balaban J connectivity index is 2.38. The summed E-state index contributed by atoms with van der Waals surface area (Å²) in [5, 5.41) is 10.7. The summed E-state index contributed by atoms with van der Waals surface area (Å²) in [4.78, 5) is 14.9. The Morgan fingerprint density at radius 1 is 1.48 bits per heavy atom. The first-order chi connectivity index (χ1) is 9.82. The van der Waals surface area contributed by atoms with E-state index in [9.17, 15) is 13.2 Å². The molecule has 0 amide bonds. The summed E-state index contributed by atoms with van der Waals surface area (Å²) in [5.41, 5.74) is 2.17. The highest BCUT2D eigenvalue weighted by Crippen LogP contribution is 2.26. The van der Waals surface area contributed by atoms with Gasteiger partial charge in [0.2, 0.25) is 10.0 Å². The van der Waals surface area contributed by atoms with Gasteiger partial charge in [-0.3, -0.25) is 0 Å². The molecule has 0 spiro atoms. The average molecular weight is 391 g/mol. The van der Waals surface area contributed by atoms with Gasteiger partial charge in [-0.15, -0.1) is 11.3 Å². The van der Waals surface area contributed by atoms with Crippen LogP contribution in [0.1, 0.15) is 16.1 Å². The Morgan fingerprint density at radius 2 is 2.19 bits per heavy atom. The third-order valence-electron chi connectivity index (χ3n) is 2.73. The van der Waals surface area contributed by atoms with Gasteiger partial charge in [-0.25, -0.2) is 18.2 Å². The number of nitrogens with zero attached hydrogens (tertiary/aromatic N) is 2. The number of thiazole rings is 1. The molecule has 0 saturated heterocycles. The van der Waals surface area contributed by atoms with E-state index in [4.69, 9.17) is 5.11 Å². The van der Waals surface area contributed by atoms with E-state index in [1.807, 2.05) is 0 Å². The number of sulfonamides is 1. The Labute approximate surface area is 134 Å². The van der Waals surface area contributed by atoms with Crippen LogP contribution in [-0.4, -0.2) is 35.8 Å². The van der Waals surface area contributed by atoms with Gasteiger partial charge >= 0.3 is 5.97 Å². The first-order valence-corrected chi connectivity index (χ1v) is 8.86. The predicted molar refractivity (Wildman–Crippen MR) is 81.9 cm³/mol. The molecular formula is C12H11BrN2O4S2. The van der Waals surface area contributed by atoms with Crippen molar-refractivity contribution < 1.29 is 18.3 Å². The molecule has 0 atom stereocenters. The zero-order valence-electron chi connectivity index (χ0n) is 10.9. The molecule has 1 heterocycles. The third-order valence-corrected chi connectivity index (χ3v) is 6.17. The molecule has 1 aromatic heterocycles. The van der Waals surface area contributed by atoms with Crippen molar-refractivity contribution in [2.45, 2.75) is 11.4 Å². The number of benzene rings is 1. The van der Waals surface area contributed by atoms with Crippen LogP contribution in [0.2, 0.25) is 0 Å². The Kier molecular flexibility index (Phi) is 4.77. The van der Waals surface area contributed by atoms with Gasteiger partial charge in [0.05, 0.1) is 28.2 Å². The summed E-state index contributed by atoms with van der Waals surface area (Å²) in [6.45, 7) is 0.121. The number of halogens is 1. The van der Waals surface area contributed by atoms with Crippen molar-refractivity contribution in [2.75, 3.05) is 7.05 Å². The van der Waals surface area contributed by atoms with Crippen LogP contribution in [0.5, 0.6) is 0 Å². The molecule has 6 nitrogen and oxygen atoms in total. The summed E-state index contributed by atoms with van der Waals surface area (Å²) in [6, 6.07) is 3.89. The molecule has 9 heteroatoms. The number of aromatic carboxylic acids is 1. The van der Waals surface area contributed by atoms with Crippen molar-refractivity contribution >= 4 is 43.3 Å². The van der Waals surface area contributed by atoms with E-state index < -0.39 is 16.0 Å². The second-order valence-electron chi connectivity index (χ2n) is 4.19.